The van der Waals surface area contributed by atoms with Crippen LogP contribution < -0.4 is 5.32 Å². The highest BCUT2D eigenvalue weighted by atomic mass is 16.1. The molecule has 1 aromatic carbocycles. The second-order valence-corrected chi connectivity index (χ2v) is 6.29. The van der Waals surface area contributed by atoms with Gasteiger partial charge in [0.05, 0.1) is 11.6 Å². The van der Waals surface area contributed by atoms with Crippen molar-refractivity contribution in [3.63, 3.8) is 0 Å². The van der Waals surface area contributed by atoms with Gasteiger partial charge >= 0.3 is 0 Å². The third-order valence-electron chi connectivity index (χ3n) is 5.07. The van der Waals surface area contributed by atoms with E-state index in [-0.39, 0.29) is 11.9 Å². The van der Waals surface area contributed by atoms with Crippen molar-refractivity contribution < 1.29 is 4.79 Å². The summed E-state index contributed by atoms with van der Waals surface area (Å²) in [5.41, 5.74) is 1.22. The van der Waals surface area contributed by atoms with Crippen LogP contribution in [0, 0.1) is 29.1 Å². The molecule has 4 atom stereocenters. The van der Waals surface area contributed by atoms with Gasteiger partial charge in [0.15, 0.2) is 0 Å². The molecule has 3 heteroatoms. The van der Waals surface area contributed by atoms with Crippen molar-refractivity contribution in [3.8, 4) is 6.07 Å². The number of hydrogen-bond donors (Lipinski definition) is 1. The molecule has 2 saturated carbocycles. The van der Waals surface area contributed by atoms with Gasteiger partial charge in [-0.2, -0.15) is 5.26 Å². The van der Waals surface area contributed by atoms with Gasteiger partial charge in [-0.25, -0.2) is 0 Å². The Bertz CT molecular complexity index is 543. The van der Waals surface area contributed by atoms with Crippen LogP contribution in [0.4, 0.5) is 0 Å². The van der Waals surface area contributed by atoms with E-state index in [1.54, 1.807) is 24.3 Å². The summed E-state index contributed by atoms with van der Waals surface area (Å²) in [7, 11) is 0. The number of amides is 1. The molecule has 2 bridgehead atoms. The van der Waals surface area contributed by atoms with Crippen LogP contribution in [0.1, 0.15) is 48.5 Å². The standard InChI is InChI=1S/C17H20N2O/c1-11(16-9-13-4-7-15(16)8-13)19-17(20)14-5-2-12(10-18)3-6-14/h2-3,5-6,11,13,15-16H,4,7-9H2,1H3,(H,19,20)/t11-,13+,15+,16-/m1/s1. The lowest BCUT2D eigenvalue weighted by Crippen LogP contribution is -2.40. The Morgan fingerprint density at radius 2 is 2.05 bits per heavy atom. The van der Waals surface area contributed by atoms with Gasteiger partial charge in [0.1, 0.15) is 0 Å². The molecular weight excluding hydrogens is 248 g/mol. The highest BCUT2D eigenvalue weighted by Crippen LogP contribution is 2.49. The van der Waals surface area contributed by atoms with Crippen LogP contribution >= 0.6 is 0 Å². The van der Waals surface area contributed by atoms with Gasteiger partial charge in [0.2, 0.25) is 0 Å². The lowest BCUT2D eigenvalue weighted by atomic mass is 9.84. The maximum absolute atomic E-state index is 12.2. The van der Waals surface area contributed by atoms with E-state index in [1.807, 2.05) is 0 Å². The monoisotopic (exact) mass is 268 g/mol. The zero-order chi connectivity index (χ0) is 14.1. The molecule has 1 N–H and O–H groups in total. The van der Waals surface area contributed by atoms with Crippen LogP contribution in [-0.2, 0) is 0 Å². The van der Waals surface area contributed by atoms with E-state index in [0.717, 1.165) is 11.8 Å². The SMILES string of the molecule is C[C@@H](NC(=O)c1ccc(C#N)cc1)[C@H]1C[C@H]2CC[C@H]1C2. The second kappa shape index (κ2) is 5.28. The number of rotatable bonds is 3. The van der Waals surface area contributed by atoms with Crippen LogP contribution in [0.5, 0.6) is 0 Å². The third kappa shape index (κ3) is 2.43. The number of carbonyl (C=O) groups excluding carboxylic acids is 1. The first-order valence-electron chi connectivity index (χ1n) is 7.48. The molecule has 20 heavy (non-hydrogen) atoms. The topological polar surface area (TPSA) is 52.9 Å². The smallest absolute Gasteiger partial charge is 0.251 e. The largest absolute Gasteiger partial charge is 0.349 e. The van der Waals surface area contributed by atoms with Gasteiger partial charge in [-0.05, 0) is 68.2 Å². The highest BCUT2D eigenvalue weighted by molar-refractivity contribution is 5.94. The summed E-state index contributed by atoms with van der Waals surface area (Å²) in [6.45, 7) is 2.13. The van der Waals surface area contributed by atoms with Crippen molar-refractivity contribution in [2.45, 2.75) is 38.6 Å². The summed E-state index contributed by atoms with van der Waals surface area (Å²) in [6, 6.07) is 9.14. The van der Waals surface area contributed by atoms with Crippen molar-refractivity contribution in [1.29, 1.82) is 5.26 Å². The molecule has 0 aromatic heterocycles. The van der Waals surface area contributed by atoms with Crippen LogP contribution in [0.2, 0.25) is 0 Å². The van der Waals surface area contributed by atoms with Crippen molar-refractivity contribution >= 4 is 5.91 Å². The van der Waals surface area contributed by atoms with E-state index in [0.29, 0.717) is 17.0 Å². The summed E-state index contributed by atoms with van der Waals surface area (Å²) >= 11 is 0. The minimum absolute atomic E-state index is 0.0234. The van der Waals surface area contributed by atoms with Gasteiger partial charge in [-0.3, -0.25) is 4.79 Å². The van der Waals surface area contributed by atoms with Gasteiger partial charge in [-0.15, -0.1) is 0 Å². The van der Waals surface area contributed by atoms with Crippen LogP contribution in [-0.4, -0.2) is 11.9 Å². The predicted molar refractivity (Wildman–Crippen MR) is 77.0 cm³/mol. The Morgan fingerprint density at radius 1 is 1.30 bits per heavy atom. The third-order valence-corrected chi connectivity index (χ3v) is 5.07. The minimum atomic E-state index is -0.0234. The molecule has 2 aliphatic carbocycles. The van der Waals surface area contributed by atoms with Crippen LogP contribution in [0.3, 0.4) is 0 Å². The van der Waals surface area contributed by atoms with Gasteiger partial charge in [-0.1, -0.05) is 6.42 Å². The van der Waals surface area contributed by atoms with E-state index >= 15 is 0 Å². The average Bonchev–Trinajstić information content (AvgIpc) is 3.10. The molecule has 0 aliphatic heterocycles. The number of nitrogens with zero attached hydrogens (tertiary/aromatic N) is 1. The van der Waals surface area contributed by atoms with E-state index < -0.39 is 0 Å². The number of carbonyl (C=O) groups is 1. The predicted octanol–water partition coefficient (Wildman–Crippen LogP) is 3.11. The molecule has 0 radical (unpaired) electrons. The van der Waals surface area contributed by atoms with E-state index in [9.17, 15) is 4.79 Å². The first-order valence-corrected chi connectivity index (χ1v) is 7.48. The fraction of sp³-hybridized carbons (Fsp3) is 0.529. The number of hydrogen-bond acceptors (Lipinski definition) is 2. The molecule has 0 spiro atoms. The molecule has 0 saturated heterocycles. The van der Waals surface area contributed by atoms with Crippen molar-refractivity contribution in [3.05, 3.63) is 35.4 Å². The van der Waals surface area contributed by atoms with E-state index in [2.05, 4.69) is 18.3 Å². The van der Waals surface area contributed by atoms with Crippen LogP contribution in [0.25, 0.3) is 0 Å². The zero-order valence-corrected chi connectivity index (χ0v) is 11.8. The normalized spacial score (nSPS) is 28.9. The maximum atomic E-state index is 12.2. The Hall–Kier alpha value is -1.82. The minimum Gasteiger partial charge on any atom is -0.349 e. The van der Waals surface area contributed by atoms with Crippen molar-refractivity contribution in [2.75, 3.05) is 0 Å². The Morgan fingerprint density at radius 3 is 2.60 bits per heavy atom. The quantitative estimate of drug-likeness (QED) is 0.915. The van der Waals surface area contributed by atoms with Crippen LogP contribution in [0.15, 0.2) is 24.3 Å². The number of fused-ring (bicyclic) bond motifs is 2. The zero-order valence-electron chi connectivity index (χ0n) is 11.8. The average molecular weight is 268 g/mol. The molecule has 0 heterocycles. The molecule has 3 nitrogen and oxygen atoms in total. The summed E-state index contributed by atoms with van der Waals surface area (Å²) in [5, 5.41) is 11.9. The van der Waals surface area contributed by atoms with E-state index in [1.165, 1.54) is 25.7 Å². The first kappa shape index (κ1) is 13.2. The molecular formula is C17H20N2O. The van der Waals surface area contributed by atoms with Crippen molar-refractivity contribution in [1.82, 2.24) is 5.32 Å². The first-order chi connectivity index (χ1) is 9.67. The molecule has 0 unspecified atom stereocenters. The number of nitriles is 1. The summed E-state index contributed by atoms with van der Waals surface area (Å²) in [6.07, 6.45) is 5.37. The Kier molecular flexibility index (Phi) is 3.48. The van der Waals surface area contributed by atoms with Gasteiger partial charge in [0.25, 0.3) is 5.91 Å². The Labute approximate surface area is 120 Å². The molecule has 3 rings (SSSR count). The van der Waals surface area contributed by atoms with Gasteiger partial charge in [0, 0.05) is 11.6 Å². The molecule has 2 fully saturated rings. The molecule has 1 aromatic rings. The highest BCUT2D eigenvalue weighted by Gasteiger charge is 2.42. The van der Waals surface area contributed by atoms with Gasteiger partial charge < -0.3 is 5.32 Å². The van der Waals surface area contributed by atoms with E-state index in [4.69, 9.17) is 5.26 Å². The molecule has 1 amide bonds. The lowest BCUT2D eigenvalue weighted by molar-refractivity contribution is 0.0915. The summed E-state index contributed by atoms with van der Waals surface area (Å²) in [4.78, 5) is 12.2. The number of benzene rings is 1. The Balaban J connectivity index is 1.62. The van der Waals surface area contributed by atoms with Crippen molar-refractivity contribution in [2.24, 2.45) is 17.8 Å². The molecule has 104 valence electrons. The number of nitrogens with one attached hydrogen (secondary N) is 1. The second-order valence-electron chi connectivity index (χ2n) is 6.29. The fourth-order valence-electron chi connectivity index (χ4n) is 4.00. The molecule has 2 aliphatic rings. The fourth-order valence-corrected chi connectivity index (χ4v) is 4.00. The summed E-state index contributed by atoms with van der Waals surface area (Å²) in [5.74, 6) is 2.34. The maximum Gasteiger partial charge on any atom is 0.251 e. The lowest BCUT2D eigenvalue weighted by Gasteiger charge is -2.28. The summed E-state index contributed by atoms with van der Waals surface area (Å²) < 4.78 is 0.